The van der Waals surface area contributed by atoms with Gasteiger partial charge in [0.2, 0.25) is 5.91 Å². The number of nitrogens with one attached hydrogen (secondary N) is 1. The Morgan fingerprint density at radius 3 is 2.52 bits per heavy atom. The summed E-state index contributed by atoms with van der Waals surface area (Å²) in [6.07, 6.45) is 4.34. The third-order valence-corrected chi connectivity index (χ3v) is 5.20. The van der Waals surface area contributed by atoms with E-state index in [0.717, 1.165) is 19.3 Å². The summed E-state index contributed by atoms with van der Waals surface area (Å²) in [5, 5.41) is -0.124. The molecule has 0 saturated carbocycles. The van der Waals surface area contributed by atoms with Gasteiger partial charge >= 0.3 is 0 Å². The Morgan fingerprint density at radius 1 is 1.38 bits per heavy atom. The second kappa shape index (κ2) is 6.02. The van der Waals surface area contributed by atoms with E-state index in [9.17, 15) is 13.2 Å². The molecule has 0 aliphatic carbocycles. The number of piperidine rings is 1. The van der Waals surface area contributed by atoms with Gasteiger partial charge in [-0.2, -0.15) is 4.72 Å². The number of anilines is 1. The van der Waals surface area contributed by atoms with Crippen LogP contribution in [-0.2, 0) is 21.9 Å². The topological polar surface area (TPSA) is 110 Å². The number of sulfonamides is 1. The van der Waals surface area contributed by atoms with Crippen molar-refractivity contribution in [2.24, 2.45) is 7.05 Å². The van der Waals surface area contributed by atoms with Crippen molar-refractivity contribution >= 4 is 21.7 Å². The van der Waals surface area contributed by atoms with E-state index < -0.39 is 16.1 Å². The Balaban J connectivity index is 2.11. The number of nitrogens with zero attached hydrogens (tertiary/aromatic N) is 3. The molecule has 1 fully saturated rings. The summed E-state index contributed by atoms with van der Waals surface area (Å²) in [4.78, 5) is 17.7. The molecule has 2 heterocycles. The van der Waals surface area contributed by atoms with Gasteiger partial charge in [0, 0.05) is 20.1 Å². The Labute approximate surface area is 124 Å². The minimum absolute atomic E-state index is 0.0809. The second-order valence-electron chi connectivity index (χ2n) is 5.27. The average Bonchev–Trinajstić information content (AvgIpc) is 2.78. The summed E-state index contributed by atoms with van der Waals surface area (Å²) in [5.74, 6) is -0.290. The zero-order valence-corrected chi connectivity index (χ0v) is 13.1. The summed E-state index contributed by atoms with van der Waals surface area (Å²) >= 11 is 0. The Bertz CT molecular complexity index is 599. The lowest BCUT2D eigenvalue weighted by atomic mass is 10.1. The molecule has 0 spiro atoms. The molecule has 3 N–H and O–H groups in total. The number of carbonyl (C=O) groups excluding carboxylic acids is 1. The Kier molecular flexibility index (Phi) is 4.52. The van der Waals surface area contributed by atoms with E-state index in [1.165, 1.54) is 17.9 Å². The fourth-order valence-electron chi connectivity index (χ4n) is 2.49. The predicted molar refractivity (Wildman–Crippen MR) is 77.8 cm³/mol. The summed E-state index contributed by atoms with van der Waals surface area (Å²) < 4.78 is 28.3. The van der Waals surface area contributed by atoms with E-state index in [1.54, 1.807) is 11.8 Å². The molecule has 9 heteroatoms. The zero-order valence-electron chi connectivity index (χ0n) is 12.2. The maximum Gasteiger partial charge on any atom is 0.260 e. The molecule has 118 valence electrons. The van der Waals surface area contributed by atoms with Crippen molar-refractivity contribution in [1.29, 1.82) is 0 Å². The van der Waals surface area contributed by atoms with Crippen molar-refractivity contribution in [2.75, 3.05) is 18.8 Å². The maximum absolute atomic E-state index is 12.3. The lowest BCUT2D eigenvalue weighted by Gasteiger charge is -2.29. The average molecular weight is 315 g/mol. The summed E-state index contributed by atoms with van der Waals surface area (Å²) in [7, 11) is -2.35. The van der Waals surface area contributed by atoms with E-state index in [1.807, 2.05) is 0 Å². The highest BCUT2D eigenvalue weighted by atomic mass is 32.2. The normalized spacial score (nSPS) is 17.7. The number of carbonyl (C=O) groups is 1. The first-order valence-electron chi connectivity index (χ1n) is 6.91. The molecule has 1 amide bonds. The molecule has 1 aliphatic rings. The number of hydrogen-bond donors (Lipinski definition) is 2. The van der Waals surface area contributed by atoms with Gasteiger partial charge in [0.25, 0.3) is 10.0 Å². The van der Waals surface area contributed by atoms with Gasteiger partial charge in [-0.05, 0) is 26.2 Å². The van der Waals surface area contributed by atoms with Gasteiger partial charge in [-0.1, -0.05) is 0 Å². The van der Waals surface area contributed by atoms with Gasteiger partial charge in [0.1, 0.15) is 0 Å². The first kappa shape index (κ1) is 15.8. The highest BCUT2D eigenvalue weighted by molar-refractivity contribution is 7.89. The van der Waals surface area contributed by atoms with Crippen LogP contribution in [0, 0.1) is 0 Å². The van der Waals surface area contributed by atoms with Gasteiger partial charge in [0.05, 0.1) is 12.4 Å². The van der Waals surface area contributed by atoms with Crippen molar-refractivity contribution in [3.63, 3.8) is 0 Å². The van der Waals surface area contributed by atoms with Crippen molar-refractivity contribution in [2.45, 2.75) is 37.3 Å². The van der Waals surface area contributed by atoms with Crippen LogP contribution in [0.1, 0.15) is 26.2 Å². The molecule has 1 saturated heterocycles. The summed E-state index contributed by atoms with van der Waals surface area (Å²) in [6.45, 7) is 2.90. The molecule has 1 aromatic rings. The third-order valence-electron chi connectivity index (χ3n) is 3.53. The molecule has 1 atom stereocenters. The zero-order chi connectivity index (χ0) is 15.6. The Hall–Kier alpha value is -1.61. The highest BCUT2D eigenvalue weighted by Crippen LogP contribution is 2.16. The van der Waals surface area contributed by atoms with Gasteiger partial charge in [-0.3, -0.25) is 4.79 Å². The molecule has 1 unspecified atom stereocenters. The molecule has 0 aromatic carbocycles. The molecule has 0 bridgehead atoms. The number of hydrogen-bond acceptors (Lipinski definition) is 5. The van der Waals surface area contributed by atoms with Gasteiger partial charge in [0.15, 0.2) is 10.8 Å². The minimum atomic E-state index is -3.88. The number of amides is 1. The quantitative estimate of drug-likeness (QED) is 0.791. The van der Waals surface area contributed by atoms with Crippen LogP contribution in [0.15, 0.2) is 11.4 Å². The minimum Gasteiger partial charge on any atom is -0.381 e. The van der Waals surface area contributed by atoms with Crippen LogP contribution in [0.25, 0.3) is 0 Å². The molecule has 0 radical (unpaired) electrons. The van der Waals surface area contributed by atoms with Gasteiger partial charge in [-0.15, -0.1) is 0 Å². The van der Waals surface area contributed by atoms with E-state index in [0.29, 0.717) is 13.1 Å². The van der Waals surface area contributed by atoms with Crippen LogP contribution in [0.2, 0.25) is 0 Å². The first-order valence-corrected chi connectivity index (χ1v) is 8.39. The number of rotatable bonds is 4. The number of aryl methyl sites for hydroxylation is 1. The standard InChI is InChI=1S/C12H21N5O3S/c1-9(11(18)17-6-4-3-5-7-17)15-21(19,20)12-10(13)14-8-16(12)2/h8-9,15H,3-7,13H2,1-2H3. The fraction of sp³-hybridized carbons (Fsp3) is 0.667. The van der Waals surface area contributed by atoms with Crippen LogP contribution in [0.3, 0.4) is 0 Å². The van der Waals surface area contributed by atoms with Crippen LogP contribution < -0.4 is 10.5 Å². The van der Waals surface area contributed by atoms with Crippen molar-refractivity contribution in [3.8, 4) is 0 Å². The van der Waals surface area contributed by atoms with Gasteiger partial charge < -0.3 is 15.2 Å². The monoisotopic (exact) mass is 315 g/mol. The second-order valence-corrected chi connectivity index (χ2v) is 6.90. The fourth-order valence-corrected chi connectivity index (χ4v) is 3.92. The van der Waals surface area contributed by atoms with E-state index >= 15 is 0 Å². The van der Waals surface area contributed by atoms with Gasteiger partial charge in [-0.25, -0.2) is 13.4 Å². The van der Waals surface area contributed by atoms with Crippen LogP contribution in [-0.4, -0.2) is 47.9 Å². The van der Waals surface area contributed by atoms with Crippen molar-refractivity contribution < 1.29 is 13.2 Å². The molecule has 8 nitrogen and oxygen atoms in total. The van der Waals surface area contributed by atoms with Crippen molar-refractivity contribution in [3.05, 3.63) is 6.33 Å². The Morgan fingerprint density at radius 2 is 2.00 bits per heavy atom. The summed E-state index contributed by atoms with van der Waals surface area (Å²) in [6, 6.07) is -0.831. The molecular formula is C12H21N5O3S. The molecule has 1 aromatic heterocycles. The van der Waals surface area contributed by atoms with E-state index in [2.05, 4.69) is 9.71 Å². The number of likely N-dealkylation sites (tertiary alicyclic amines) is 1. The van der Waals surface area contributed by atoms with Crippen LogP contribution in [0.5, 0.6) is 0 Å². The highest BCUT2D eigenvalue weighted by Gasteiger charge is 2.29. The number of nitrogens with two attached hydrogens (primary N) is 1. The lowest BCUT2D eigenvalue weighted by molar-refractivity contribution is -0.133. The smallest absolute Gasteiger partial charge is 0.260 e. The molecule has 21 heavy (non-hydrogen) atoms. The number of nitrogen functional groups attached to an aromatic ring is 1. The van der Waals surface area contributed by atoms with Crippen molar-refractivity contribution in [1.82, 2.24) is 19.2 Å². The molecule has 1 aliphatic heterocycles. The first-order chi connectivity index (χ1) is 9.83. The van der Waals surface area contributed by atoms with Crippen LogP contribution >= 0.6 is 0 Å². The lowest BCUT2D eigenvalue weighted by Crippen LogP contribution is -2.48. The molecular weight excluding hydrogens is 294 g/mol. The van der Waals surface area contributed by atoms with Crippen LogP contribution in [0.4, 0.5) is 5.82 Å². The third kappa shape index (κ3) is 3.35. The van der Waals surface area contributed by atoms with E-state index in [-0.39, 0.29) is 16.8 Å². The number of aromatic nitrogens is 2. The maximum atomic E-state index is 12.3. The predicted octanol–water partition coefficient (Wildman–Crippen LogP) is -0.318. The van der Waals surface area contributed by atoms with E-state index in [4.69, 9.17) is 5.73 Å². The summed E-state index contributed by atoms with van der Waals surface area (Å²) in [5.41, 5.74) is 5.58. The largest absolute Gasteiger partial charge is 0.381 e. The number of imidazole rings is 1. The molecule has 2 rings (SSSR count). The SMILES string of the molecule is CC(NS(=O)(=O)c1c(N)ncn1C)C(=O)N1CCCCC1.